The van der Waals surface area contributed by atoms with Crippen molar-refractivity contribution in [3.05, 3.63) is 58.6 Å². The van der Waals surface area contributed by atoms with Gasteiger partial charge in [-0.15, -0.1) is 0 Å². The number of halogens is 1. The molecule has 0 unspecified atom stereocenters. The molecule has 2 aromatic rings. The topological polar surface area (TPSA) is 63.3 Å². The number of phenolic OH excluding ortho intramolecular Hbond substituents is 1. The quantitative estimate of drug-likeness (QED) is 0.487. The number of nitrogen functional groups attached to an aromatic ring is 1. The third-order valence-corrected chi connectivity index (χ3v) is 2.64. The van der Waals surface area contributed by atoms with E-state index in [4.69, 9.17) is 17.3 Å². The Labute approximate surface area is 103 Å². The molecule has 2 aromatic carbocycles. The number of anilines is 1. The van der Waals surface area contributed by atoms with Crippen molar-refractivity contribution in [3.63, 3.8) is 0 Å². The molecule has 0 aromatic heterocycles. The Kier molecular flexibility index (Phi) is 3.02. The van der Waals surface area contributed by atoms with E-state index in [1.165, 1.54) is 18.2 Å². The number of aromatic hydroxyl groups is 1. The Morgan fingerprint density at radius 1 is 1.12 bits per heavy atom. The van der Waals surface area contributed by atoms with Crippen molar-refractivity contribution in [1.29, 1.82) is 0 Å². The lowest BCUT2D eigenvalue weighted by atomic mass is 10.0. The number of rotatable bonds is 2. The average molecular weight is 248 g/mol. The maximum absolute atomic E-state index is 12.1. The van der Waals surface area contributed by atoms with Gasteiger partial charge in [0.15, 0.2) is 5.78 Å². The summed E-state index contributed by atoms with van der Waals surface area (Å²) in [7, 11) is 0. The van der Waals surface area contributed by atoms with Gasteiger partial charge in [-0.3, -0.25) is 4.79 Å². The lowest BCUT2D eigenvalue weighted by Crippen LogP contribution is -2.04. The van der Waals surface area contributed by atoms with Crippen LogP contribution in [0, 0.1) is 0 Å². The molecule has 0 aliphatic carbocycles. The van der Waals surface area contributed by atoms with E-state index in [1.54, 1.807) is 24.3 Å². The minimum Gasteiger partial charge on any atom is -0.508 e. The third-order valence-electron chi connectivity index (χ3n) is 2.39. The molecule has 0 aliphatic rings. The minimum absolute atomic E-state index is 0.0107. The standard InChI is InChI=1S/C13H10ClNO2/c14-9-3-1-8(2-4-9)13(17)11-7-10(16)5-6-12(11)15/h1-7,16H,15H2. The second-order valence-corrected chi connectivity index (χ2v) is 4.04. The Morgan fingerprint density at radius 2 is 1.76 bits per heavy atom. The molecule has 0 radical (unpaired) electrons. The first-order valence-electron chi connectivity index (χ1n) is 4.96. The maximum atomic E-state index is 12.1. The highest BCUT2D eigenvalue weighted by Gasteiger charge is 2.12. The van der Waals surface area contributed by atoms with E-state index in [0.717, 1.165) is 0 Å². The van der Waals surface area contributed by atoms with E-state index in [0.29, 0.717) is 16.3 Å². The van der Waals surface area contributed by atoms with Gasteiger partial charge in [-0.2, -0.15) is 0 Å². The van der Waals surface area contributed by atoms with Crippen LogP contribution in [0.15, 0.2) is 42.5 Å². The Hall–Kier alpha value is -2.00. The molecule has 17 heavy (non-hydrogen) atoms. The predicted octanol–water partition coefficient (Wildman–Crippen LogP) is 2.86. The van der Waals surface area contributed by atoms with Gasteiger partial charge in [0.05, 0.1) is 0 Å². The van der Waals surface area contributed by atoms with Gasteiger partial charge < -0.3 is 10.8 Å². The number of nitrogens with two attached hydrogens (primary N) is 1. The molecule has 0 amide bonds. The molecule has 2 rings (SSSR count). The number of hydrogen-bond acceptors (Lipinski definition) is 3. The third kappa shape index (κ3) is 2.40. The molecule has 3 nitrogen and oxygen atoms in total. The van der Waals surface area contributed by atoms with Gasteiger partial charge in [0.1, 0.15) is 5.75 Å². The molecule has 3 N–H and O–H groups in total. The summed E-state index contributed by atoms with van der Waals surface area (Å²) in [6.07, 6.45) is 0. The van der Waals surface area contributed by atoms with Crippen LogP contribution in [0.2, 0.25) is 5.02 Å². The first kappa shape index (κ1) is 11.5. The number of carbonyl (C=O) groups excluding carboxylic acids is 1. The lowest BCUT2D eigenvalue weighted by molar-refractivity contribution is 0.103. The predicted molar refractivity (Wildman–Crippen MR) is 67.4 cm³/mol. The molecular weight excluding hydrogens is 238 g/mol. The molecule has 0 saturated heterocycles. The van der Waals surface area contributed by atoms with Crippen LogP contribution in [0.5, 0.6) is 5.75 Å². The molecule has 0 fully saturated rings. The molecule has 0 bridgehead atoms. The summed E-state index contributed by atoms with van der Waals surface area (Å²) in [6.45, 7) is 0. The molecule has 0 saturated carbocycles. The van der Waals surface area contributed by atoms with Crippen LogP contribution in [0.25, 0.3) is 0 Å². The zero-order chi connectivity index (χ0) is 12.4. The first-order chi connectivity index (χ1) is 8.08. The summed E-state index contributed by atoms with van der Waals surface area (Å²) in [4.78, 5) is 12.1. The number of phenols is 1. The average Bonchev–Trinajstić information content (AvgIpc) is 2.32. The highest BCUT2D eigenvalue weighted by Crippen LogP contribution is 2.22. The summed E-state index contributed by atoms with van der Waals surface area (Å²) in [5.41, 5.74) is 6.80. The summed E-state index contributed by atoms with van der Waals surface area (Å²) in [5.74, 6) is -0.230. The van der Waals surface area contributed by atoms with E-state index in [9.17, 15) is 9.90 Å². The van der Waals surface area contributed by atoms with Crippen LogP contribution in [0.3, 0.4) is 0 Å². The molecular formula is C13H10ClNO2. The van der Waals surface area contributed by atoms with Crippen molar-refractivity contribution in [3.8, 4) is 5.75 Å². The molecule has 0 aliphatic heterocycles. The van der Waals surface area contributed by atoms with Gasteiger partial charge in [0, 0.05) is 21.8 Å². The van der Waals surface area contributed by atoms with Crippen molar-refractivity contribution < 1.29 is 9.90 Å². The maximum Gasteiger partial charge on any atom is 0.195 e. The largest absolute Gasteiger partial charge is 0.508 e. The van der Waals surface area contributed by atoms with Gasteiger partial charge >= 0.3 is 0 Å². The van der Waals surface area contributed by atoms with Crippen LogP contribution < -0.4 is 5.73 Å². The molecule has 4 heteroatoms. The number of hydrogen-bond donors (Lipinski definition) is 2. The van der Waals surface area contributed by atoms with Gasteiger partial charge in [-0.1, -0.05) is 11.6 Å². The van der Waals surface area contributed by atoms with Gasteiger partial charge in [0.2, 0.25) is 0 Å². The summed E-state index contributed by atoms with van der Waals surface area (Å²) >= 11 is 5.74. The lowest BCUT2D eigenvalue weighted by Gasteiger charge is -2.05. The van der Waals surface area contributed by atoms with Gasteiger partial charge in [0.25, 0.3) is 0 Å². The van der Waals surface area contributed by atoms with Crippen molar-refractivity contribution in [2.24, 2.45) is 0 Å². The number of benzene rings is 2. The van der Waals surface area contributed by atoms with Crippen LogP contribution in [0.1, 0.15) is 15.9 Å². The molecule has 86 valence electrons. The van der Waals surface area contributed by atoms with E-state index in [2.05, 4.69) is 0 Å². The van der Waals surface area contributed by atoms with E-state index >= 15 is 0 Å². The fraction of sp³-hybridized carbons (Fsp3) is 0. The van der Waals surface area contributed by atoms with Crippen LogP contribution in [-0.2, 0) is 0 Å². The number of carbonyl (C=O) groups is 1. The van der Waals surface area contributed by atoms with Crippen molar-refractivity contribution in [2.75, 3.05) is 5.73 Å². The Morgan fingerprint density at radius 3 is 2.41 bits per heavy atom. The fourth-order valence-corrected chi connectivity index (χ4v) is 1.62. The highest BCUT2D eigenvalue weighted by atomic mass is 35.5. The van der Waals surface area contributed by atoms with Crippen LogP contribution in [0.4, 0.5) is 5.69 Å². The normalized spacial score (nSPS) is 10.2. The zero-order valence-electron chi connectivity index (χ0n) is 8.85. The smallest absolute Gasteiger partial charge is 0.195 e. The Bertz CT molecular complexity index is 564. The molecule has 0 heterocycles. The van der Waals surface area contributed by atoms with Gasteiger partial charge in [-0.25, -0.2) is 0 Å². The van der Waals surface area contributed by atoms with Crippen LogP contribution >= 0.6 is 11.6 Å². The summed E-state index contributed by atoms with van der Waals surface area (Å²) in [5, 5.41) is 9.91. The molecule has 0 spiro atoms. The minimum atomic E-state index is -0.241. The SMILES string of the molecule is Nc1ccc(O)cc1C(=O)c1ccc(Cl)cc1. The summed E-state index contributed by atoms with van der Waals surface area (Å²) in [6, 6.07) is 10.8. The second-order valence-electron chi connectivity index (χ2n) is 3.61. The zero-order valence-corrected chi connectivity index (χ0v) is 9.61. The van der Waals surface area contributed by atoms with Crippen LogP contribution in [-0.4, -0.2) is 10.9 Å². The van der Waals surface area contributed by atoms with E-state index in [1.807, 2.05) is 0 Å². The molecule has 0 atom stereocenters. The first-order valence-corrected chi connectivity index (χ1v) is 5.34. The van der Waals surface area contributed by atoms with Gasteiger partial charge in [-0.05, 0) is 42.5 Å². The Balaban J connectivity index is 2.43. The van der Waals surface area contributed by atoms with Crippen molar-refractivity contribution in [1.82, 2.24) is 0 Å². The monoisotopic (exact) mass is 247 g/mol. The van der Waals surface area contributed by atoms with Crippen molar-refractivity contribution >= 4 is 23.1 Å². The number of ketones is 1. The van der Waals surface area contributed by atoms with E-state index < -0.39 is 0 Å². The second kappa shape index (κ2) is 4.47. The highest BCUT2D eigenvalue weighted by molar-refractivity contribution is 6.30. The summed E-state index contributed by atoms with van der Waals surface area (Å²) < 4.78 is 0. The van der Waals surface area contributed by atoms with Crippen molar-refractivity contribution in [2.45, 2.75) is 0 Å². The fourth-order valence-electron chi connectivity index (χ4n) is 1.50. The van der Waals surface area contributed by atoms with E-state index in [-0.39, 0.29) is 17.1 Å².